The molecule has 1 aromatic heterocycles. The third-order valence-electron chi connectivity index (χ3n) is 2.80. The number of rotatable bonds is 3. The Morgan fingerprint density at radius 2 is 2.00 bits per heavy atom. The van der Waals surface area contributed by atoms with Gasteiger partial charge in [0.15, 0.2) is 0 Å². The molecule has 0 bridgehead atoms. The molecule has 0 spiro atoms. The second-order valence-corrected chi connectivity index (χ2v) is 4.22. The second kappa shape index (κ2) is 4.52. The minimum absolute atomic E-state index is 0.000556. The summed E-state index contributed by atoms with van der Waals surface area (Å²) in [7, 11) is 3.48. The minimum atomic E-state index is -0.400. The molecular formula is C10H15N5O2. The number of anilines is 2. The topological polar surface area (TPSA) is 75.4 Å². The van der Waals surface area contributed by atoms with Crippen LogP contribution in [0.1, 0.15) is 12.8 Å². The summed E-state index contributed by atoms with van der Waals surface area (Å²) in [4.78, 5) is 22.4. The van der Waals surface area contributed by atoms with Crippen LogP contribution >= 0.6 is 0 Å². The minimum Gasteiger partial charge on any atom is -0.357 e. The summed E-state index contributed by atoms with van der Waals surface area (Å²) in [6, 6.07) is 0. The molecule has 2 rings (SSSR count). The van der Waals surface area contributed by atoms with Crippen molar-refractivity contribution in [1.82, 2.24) is 9.97 Å². The quantitative estimate of drug-likeness (QED) is 0.577. The lowest BCUT2D eigenvalue weighted by Crippen LogP contribution is -2.22. The molecule has 0 aliphatic carbocycles. The normalized spacial score (nSPS) is 15.1. The number of hydrogen-bond acceptors (Lipinski definition) is 6. The first kappa shape index (κ1) is 11.6. The average molecular weight is 237 g/mol. The predicted octanol–water partition coefficient (Wildman–Crippen LogP) is 1.05. The highest BCUT2D eigenvalue weighted by atomic mass is 16.6. The Morgan fingerprint density at radius 3 is 2.53 bits per heavy atom. The molecule has 0 unspecified atom stereocenters. The highest BCUT2D eigenvalue weighted by molar-refractivity contribution is 5.71. The number of nitro groups is 1. The summed E-state index contributed by atoms with van der Waals surface area (Å²) >= 11 is 0. The van der Waals surface area contributed by atoms with E-state index in [1.54, 1.807) is 19.0 Å². The molecule has 7 heteroatoms. The highest BCUT2D eigenvalue weighted by Crippen LogP contribution is 2.34. The Bertz CT molecular complexity index is 429. The van der Waals surface area contributed by atoms with Crippen molar-refractivity contribution < 1.29 is 4.92 Å². The zero-order chi connectivity index (χ0) is 12.4. The summed E-state index contributed by atoms with van der Waals surface area (Å²) in [5.41, 5.74) is -0.000556. The molecule has 1 aliphatic heterocycles. The summed E-state index contributed by atoms with van der Waals surface area (Å²) < 4.78 is 0. The molecule has 0 N–H and O–H groups in total. The van der Waals surface area contributed by atoms with Crippen molar-refractivity contribution >= 4 is 17.3 Å². The molecule has 0 saturated carbocycles. The van der Waals surface area contributed by atoms with Crippen molar-refractivity contribution in [2.24, 2.45) is 0 Å². The summed E-state index contributed by atoms with van der Waals surface area (Å²) in [6.07, 6.45) is 3.49. The van der Waals surface area contributed by atoms with E-state index in [9.17, 15) is 10.1 Å². The Morgan fingerprint density at radius 1 is 1.35 bits per heavy atom. The van der Waals surface area contributed by atoms with Crippen LogP contribution in [0.4, 0.5) is 17.3 Å². The van der Waals surface area contributed by atoms with Gasteiger partial charge in [0.2, 0.25) is 11.6 Å². The average Bonchev–Trinajstić information content (AvgIpc) is 2.81. The number of nitrogens with zero attached hydrogens (tertiary/aromatic N) is 5. The van der Waals surface area contributed by atoms with Gasteiger partial charge in [-0.2, -0.15) is 0 Å². The smallest absolute Gasteiger partial charge is 0.353 e. The molecule has 0 aromatic carbocycles. The Hall–Kier alpha value is -1.92. The predicted molar refractivity (Wildman–Crippen MR) is 64.5 cm³/mol. The first-order chi connectivity index (χ1) is 8.11. The van der Waals surface area contributed by atoms with E-state index in [-0.39, 0.29) is 5.69 Å². The fourth-order valence-corrected chi connectivity index (χ4v) is 2.01. The van der Waals surface area contributed by atoms with Crippen LogP contribution in [-0.4, -0.2) is 42.1 Å². The molecular weight excluding hydrogens is 222 g/mol. The Kier molecular flexibility index (Phi) is 3.08. The van der Waals surface area contributed by atoms with E-state index in [4.69, 9.17) is 0 Å². The van der Waals surface area contributed by atoms with Gasteiger partial charge in [-0.05, 0) is 12.8 Å². The number of hydrogen-bond donors (Lipinski definition) is 0. The molecule has 0 amide bonds. The van der Waals surface area contributed by atoms with Gasteiger partial charge in [0.1, 0.15) is 6.33 Å². The third kappa shape index (κ3) is 2.13. The lowest BCUT2D eigenvalue weighted by Gasteiger charge is -2.18. The van der Waals surface area contributed by atoms with E-state index >= 15 is 0 Å². The van der Waals surface area contributed by atoms with Crippen molar-refractivity contribution in [2.75, 3.05) is 37.0 Å². The maximum absolute atomic E-state index is 11.2. The van der Waals surface area contributed by atoms with Crippen molar-refractivity contribution in [3.63, 3.8) is 0 Å². The molecule has 1 fully saturated rings. The summed E-state index contributed by atoms with van der Waals surface area (Å²) in [5.74, 6) is 0.790. The van der Waals surface area contributed by atoms with Gasteiger partial charge in [0.05, 0.1) is 4.92 Å². The van der Waals surface area contributed by atoms with Gasteiger partial charge in [-0.25, -0.2) is 9.97 Å². The maximum Gasteiger partial charge on any atom is 0.353 e. The van der Waals surface area contributed by atoms with Crippen LogP contribution in [0.15, 0.2) is 6.33 Å². The fourth-order valence-electron chi connectivity index (χ4n) is 2.01. The van der Waals surface area contributed by atoms with E-state index < -0.39 is 4.92 Å². The van der Waals surface area contributed by atoms with Gasteiger partial charge >= 0.3 is 5.69 Å². The van der Waals surface area contributed by atoms with Crippen molar-refractivity contribution in [3.8, 4) is 0 Å². The second-order valence-electron chi connectivity index (χ2n) is 4.22. The van der Waals surface area contributed by atoms with Gasteiger partial charge < -0.3 is 9.80 Å². The standard InChI is InChI=1S/C10H15N5O2/c1-13(2)9-8(15(16)17)10(12-7-11-9)14-5-3-4-6-14/h7H,3-6H2,1-2H3. The van der Waals surface area contributed by atoms with Gasteiger partial charge in [-0.1, -0.05) is 0 Å². The van der Waals surface area contributed by atoms with E-state index in [2.05, 4.69) is 9.97 Å². The third-order valence-corrected chi connectivity index (χ3v) is 2.80. The van der Waals surface area contributed by atoms with E-state index in [1.165, 1.54) is 6.33 Å². The highest BCUT2D eigenvalue weighted by Gasteiger charge is 2.29. The van der Waals surface area contributed by atoms with Crippen molar-refractivity contribution in [2.45, 2.75) is 12.8 Å². The first-order valence-electron chi connectivity index (χ1n) is 5.53. The SMILES string of the molecule is CN(C)c1ncnc(N2CCCC2)c1[N+](=O)[O-]. The van der Waals surface area contributed by atoms with Gasteiger partial charge in [0, 0.05) is 27.2 Å². The van der Waals surface area contributed by atoms with Crippen molar-refractivity contribution in [3.05, 3.63) is 16.4 Å². The summed E-state index contributed by atoms with van der Waals surface area (Å²) in [5, 5.41) is 11.2. The number of aromatic nitrogens is 2. The molecule has 17 heavy (non-hydrogen) atoms. The van der Waals surface area contributed by atoms with Crippen LogP contribution in [-0.2, 0) is 0 Å². The first-order valence-corrected chi connectivity index (χ1v) is 5.53. The lowest BCUT2D eigenvalue weighted by molar-refractivity contribution is -0.383. The zero-order valence-electron chi connectivity index (χ0n) is 9.96. The van der Waals surface area contributed by atoms with Crippen LogP contribution in [0.2, 0.25) is 0 Å². The van der Waals surface area contributed by atoms with E-state index in [1.807, 2.05) is 4.90 Å². The Labute approximate surface area is 99.2 Å². The van der Waals surface area contributed by atoms with E-state index in [0.717, 1.165) is 25.9 Å². The molecule has 0 atom stereocenters. The van der Waals surface area contributed by atoms with Gasteiger partial charge in [-0.3, -0.25) is 10.1 Å². The van der Waals surface area contributed by atoms with Crippen molar-refractivity contribution in [1.29, 1.82) is 0 Å². The molecule has 7 nitrogen and oxygen atoms in total. The zero-order valence-corrected chi connectivity index (χ0v) is 9.96. The summed E-state index contributed by atoms with van der Waals surface area (Å²) in [6.45, 7) is 1.65. The molecule has 1 aliphatic rings. The maximum atomic E-state index is 11.2. The Balaban J connectivity index is 2.50. The largest absolute Gasteiger partial charge is 0.357 e. The van der Waals surface area contributed by atoms with Gasteiger partial charge in [0.25, 0.3) is 0 Å². The van der Waals surface area contributed by atoms with Crippen LogP contribution in [0, 0.1) is 10.1 Å². The molecule has 1 saturated heterocycles. The van der Waals surface area contributed by atoms with Crippen LogP contribution in [0.25, 0.3) is 0 Å². The van der Waals surface area contributed by atoms with Crippen LogP contribution in [0.3, 0.4) is 0 Å². The van der Waals surface area contributed by atoms with E-state index in [0.29, 0.717) is 11.6 Å². The molecule has 92 valence electrons. The molecule has 2 heterocycles. The fraction of sp³-hybridized carbons (Fsp3) is 0.600. The molecule has 1 aromatic rings. The lowest BCUT2D eigenvalue weighted by atomic mass is 10.4. The molecule has 0 radical (unpaired) electrons. The van der Waals surface area contributed by atoms with Gasteiger partial charge in [-0.15, -0.1) is 0 Å². The van der Waals surface area contributed by atoms with Crippen LogP contribution in [0.5, 0.6) is 0 Å². The van der Waals surface area contributed by atoms with Crippen LogP contribution < -0.4 is 9.80 Å². The monoisotopic (exact) mass is 237 g/mol.